The van der Waals surface area contributed by atoms with E-state index in [1.807, 2.05) is 6.92 Å². The zero-order valence-electron chi connectivity index (χ0n) is 13.8. The molecule has 1 N–H and O–H groups in total. The smallest absolute Gasteiger partial charge is 0.224 e. The highest BCUT2D eigenvalue weighted by molar-refractivity contribution is 6.30. The van der Waals surface area contributed by atoms with Crippen molar-refractivity contribution >= 4 is 17.5 Å². The second kappa shape index (κ2) is 5.80. The van der Waals surface area contributed by atoms with Gasteiger partial charge in [-0.25, -0.2) is 0 Å². The van der Waals surface area contributed by atoms with Crippen molar-refractivity contribution in [1.29, 1.82) is 0 Å². The summed E-state index contributed by atoms with van der Waals surface area (Å²) in [6, 6.07) is 0. The molecule has 0 spiro atoms. The first-order valence-corrected chi connectivity index (χ1v) is 9.35. The zero-order chi connectivity index (χ0) is 16.0. The molecule has 4 bridgehead atoms. The highest BCUT2D eigenvalue weighted by atomic mass is 35.5. The van der Waals surface area contributed by atoms with E-state index in [9.17, 15) is 4.79 Å². The molecule has 0 radical (unpaired) electrons. The van der Waals surface area contributed by atoms with E-state index in [4.69, 9.17) is 11.6 Å². The lowest BCUT2D eigenvalue weighted by atomic mass is 9.49. The standard InChI is InChI=1S/C18H26ClN3O/c1-12(9-22-10-16(19)8-21-22)17(23)20-11-18-5-13-2-14(6-18)4-15(3-13)7-18/h8,10,12-15H,2-7,9,11H2,1H3,(H,20,23). The van der Waals surface area contributed by atoms with Gasteiger partial charge in [0.15, 0.2) is 0 Å². The minimum absolute atomic E-state index is 0.0834. The molecule has 126 valence electrons. The first kappa shape index (κ1) is 15.5. The third-order valence-corrected chi connectivity index (χ3v) is 6.51. The molecular formula is C18H26ClN3O. The van der Waals surface area contributed by atoms with Gasteiger partial charge in [0.2, 0.25) is 5.91 Å². The lowest BCUT2D eigenvalue weighted by molar-refractivity contribution is -0.127. The van der Waals surface area contributed by atoms with Crippen molar-refractivity contribution in [2.45, 2.75) is 52.0 Å². The van der Waals surface area contributed by atoms with Crippen molar-refractivity contribution in [2.24, 2.45) is 29.1 Å². The van der Waals surface area contributed by atoms with Gasteiger partial charge in [0, 0.05) is 12.7 Å². The van der Waals surface area contributed by atoms with Gasteiger partial charge in [0.05, 0.1) is 23.7 Å². The normalized spacial score (nSPS) is 36.2. The quantitative estimate of drug-likeness (QED) is 0.895. The van der Waals surface area contributed by atoms with E-state index >= 15 is 0 Å². The molecule has 1 amide bonds. The molecule has 4 aliphatic rings. The predicted molar refractivity (Wildman–Crippen MR) is 90.0 cm³/mol. The summed E-state index contributed by atoms with van der Waals surface area (Å²) >= 11 is 5.88. The van der Waals surface area contributed by atoms with Crippen LogP contribution in [-0.4, -0.2) is 22.2 Å². The second-order valence-electron chi connectivity index (χ2n) is 8.42. The third-order valence-electron chi connectivity index (χ3n) is 6.31. The van der Waals surface area contributed by atoms with Crippen molar-refractivity contribution in [3.63, 3.8) is 0 Å². The van der Waals surface area contributed by atoms with Crippen molar-refractivity contribution in [2.75, 3.05) is 6.54 Å². The first-order valence-electron chi connectivity index (χ1n) is 8.97. The average molecular weight is 336 g/mol. The second-order valence-corrected chi connectivity index (χ2v) is 8.85. The number of nitrogens with zero attached hydrogens (tertiary/aromatic N) is 2. The Balaban J connectivity index is 1.32. The largest absolute Gasteiger partial charge is 0.355 e. The molecular weight excluding hydrogens is 310 g/mol. The van der Waals surface area contributed by atoms with E-state index in [1.165, 1.54) is 38.5 Å². The summed E-state index contributed by atoms with van der Waals surface area (Å²) in [6.45, 7) is 3.42. The molecule has 4 aliphatic carbocycles. The Morgan fingerprint density at radius 2 is 1.96 bits per heavy atom. The molecule has 1 atom stereocenters. The molecule has 1 aromatic rings. The van der Waals surface area contributed by atoms with Crippen LogP contribution in [0.4, 0.5) is 0 Å². The summed E-state index contributed by atoms with van der Waals surface area (Å²) in [7, 11) is 0. The Morgan fingerprint density at radius 1 is 1.35 bits per heavy atom. The van der Waals surface area contributed by atoms with Gasteiger partial charge >= 0.3 is 0 Å². The Bertz CT molecular complexity index is 562. The topological polar surface area (TPSA) is 46.9 Å². The Labute approximate surface area is 143 Å². The van der Waals surface area contributed by atoms with Crippen LogP contribution in [-0.2, 0) is 11.3 Å². The summed E-state index contributed by atoms with van der Waals surface area (Å²) in [5.41, 5.74) is 0.402. The molecule has 4 fully saturated rings. The molecule has 4 saturated carbocycles. The van der Waals surface area contributed by atoms with Gasteiger partial charge in [-0.2, -0.15) is 5.10 Å². The zero-order valence-corrected chi connectivity index (χ0v) is 14.6. The van der Waals surface area contributed by atoms with E-state index in [0.29, 0.717) is 17.0 Å². The Morgan fingerprint density at radius 3 is 2.48 bits per heavy atom. The number of hydrogen-bond donors (Lipinski definition) is 1. The molecule has 0 aliphatic heterocycles. The predicted octanol–water partition coefficient (Wildman–Crippen LogP) is 3.51. The summed E-state index contributed by atoms with van der Waals surface area (Å²) < 4.78 is 1.75. The Kier molecular flexibility index (Phi) is 3.91. The maximum atomic E-state index is 12.5. The summed E-state index contributed by atoms with van der Waals surface area (Å²) in [5, 5.41) is 8.03. The van der Waals surface area contributed by atoms with Crippen molar-refractivity contribution in [1.82, 2.24) is 15.1 Å². The van der Waals surface area contributed by atoms with Crippen LogP contribution in [0.5, 0.6) is 0 Å². The summed E-state index contributed by atoms with van der Waals surface area (Å²) in [5.74, 6) is 2.86. The van der Waals surface area contributed by atoms with Gasteiger partial charge < -0.3 is 5.32 Å². The van der Waals surface area contributed by atoms with E-state index in [0.717, 1.165) is 24.3 Å². The first-order chi connectivity index (χ1) is 11.0. The van der Waals surface area contributed by atoms with Crippen LogP contribution in [0.3, 0.4) is 0 Å². The van der Waals surface area contributed by atoms with Crippen LogP contribution in [0.1, 0.15) is 45.4 Å². The molecule has 0 aromatic carbocycles. The number of amides is 1. The van der Waals surface area contributed by atoms with Crippen LogP contribution < -0.4 is 5.32 Å². The van der Waals surface area contributed by atoms with Crippen LogP contribution in [0.25, 0.3) is 0 Å². The average Bonchev–Trinajstić information content (AvgIpc) is 2.88. The fourth-order valence-corrected chi connectivity index (χ4v) is 5.91. The fourth-order valence-electron chi connectivity index (χ4n) is 5.76. The van der Waals surface area contributed by atoms with E-state index < -0.39 is 0 Å². The maximum Gasteiger partial charge on any atom is 0.224 e. The van der Waals surface area contributed by atoms with Crippen LogP contribution in [0.2, 0.25) is 5.02 Å². The van der Waals surface area contributed by atoms with Crippen molar-refractivity contribution < 1.29 is 4.79 Å². The third kappa shape index (κ3) is 3.15. The van der Waals surface area contributed by atoms with Gasteiger partial charge in [-0.3, -0.25) is 9.48 Å². The van der Waals surface area contributed by atoms with Gasteiger partial charge in [0.25, 0.3) is 0 Å². The van der Waals surface area contributed by atoms with E-state index in [-0.39, 0.29) is 11.8 Å². The van der Waals surface area contributed by atoms with Gasteiger partial charge in [-0.1, -0.05) is 18.5 Å². The maximum absolute atomic E-state index is 12.5. The summed E-state index contributed by atoms with van der Waals surface area (Å²) in [6.07, 6.45) is 11.7. The number of hydrogen-bond acceptors (Lipinski definition) is 2. The molecule has 0 saturated heterocycles. The van der Waals surface area contributed by atoms with Gasteiger partial charge in [-0.05, 0) is 61.7 Å². The van der Waals surface area contributed by atoms with Gasteiger partial charge in [-0.15, -0.1) is 0 Å². The fraction of sp³-hybridized carbons (Fsp3) is 0.778. The lowest BCUT2D eigenvalue weighted by Crippen LogP contribution is -2.51. The molecule has 1 heterocycles. The van der Waals surface area contributed by atoms with E-state index in [1.54, 1.807) is 17.1 Å². The van der Waals surface area contributed by atoms with Crippen LogP contribution >= 0.6 is 11.6 Å². The molecule has 23 heavy (non-hydrogen) atoms. The number of aromatic nitrogens is 2. The number of carbonyl (C=O) groups excluding carboxylic acids is 1. The number of halogens is 1. The van der Waals surface area contributed by atoms with Gasteiger partial charge in [0.1, 0.15) is 0 Å². The lowest BCUT2D eigenvalue weighted by Gasteiger charge is -2.57. The minimum Gasteiger partial charge on any atom is -0.355 e. The molecule has 1 aromatic heterocycles. The molecule has 5 rings (SSSR count). The Hall–Kier alpha value is -1.03. The molecule has 4 nitrogen and oxygen atoms in total. The minimum atomic E-state index is -0.0834. The van der Waals surface area contributed by atoms with Crippen LogP contribution in [0, 0.1) is 29.1 Å². The highest BCUT2D eigenvalue weighted by Gasteiger charge is 2.50. The van der Waals surface area contributed by atoms with E-state index in [2.05, 4.69) is 10.4 Å². The number of rotatable bonds is 5. The summed E-state index contributed by atoms with van der Waals surface area (Å²) in [4.78, 5) is 12.5. The van der Waals surface area contributed by atoms with Crippen LogP contribution in [0.15, 0.2) is 12.4 Å². The SMILES string of the molecule is CC(Cn1cc(Cl)cn1)C(=O)NCC12CC3CC(CC(C3)C1)C2. The monoisotopic (exact) mass is 335 g/mol. The number of carbonyl (C=O) groups is 1. The van der Waals surface area contributed by atoms with Crippen molar-refractivity contribution in [3.05, 3.63) is 17.4 Å². The molecule has 5 heteroatoms. The van der Waals surface area contributed by atoms with Crippen molar-refractivity contribution in [3.8, 4) is 0 Å². The number of nitrogens with one attached hydrogen (secondary N) is 1. The molecule has 1 unspecified atom stereocenters. The highest BCUT2D eigenvalue weighted by Crippen LogP contribution is 2.59.